The van der Waals surface area contributed by atoms with Gasteiger partial charge in [-0.25, -0.2) is 8.78 Å². The maximum absolute atomic E-state index is 13.5. The average molecular weight is 315 g/mol. The van der Waals surface area contributed by atoms with E-state index in [-0.39, 0.29) is 11.6 Å². The number of nitrogens with zero attached hydrogens (tertiary/aromatic N) is 1. The van der Waals surface area contributed by atoms with Crippen LogP contribution in [0.5, 0.6) is 0 Å². The third-order valence-electron chi connectivity index (χ3n) is 4.21. The summed E-state index contributed by atoms with van der Waals surface area (Å²) >= 11 is 0. The second-order valence-electron chi connectivity index (χ2n) is 5.74. The van der Waals surface area contributed by atoms with Crippen LogP contribution in [0.15, 0.2) is 47.5 Å². The van der Waals surface area contributed by atoms with E-state index >= 15 is 0 Å². The minimum atomic E-state index is -0.561. The van der Waals surface area contributed by atoms with Crippen molar-refractivity contribution >= 4 is 11.6 Å². The minimum absolute atomic E-state index is 0.00235. The third-order valence-corrected chi connectivity index (χ3v) is 4.21. The van der Waals surface area contributed by atoms with Crippen molar-refractivity contribution in [2.75, 3.05) is 11.9 Å². The highest BCUT2D eigenvalue weighted by Gasteiger charge is 2.21. The van der Waals surface area contributed by atoms with Crippen molar-refractivity contribution in [2.45, 2.75) is 25.2 Å². The van der Waals surface area contributed by atoms with E-state index < -0.39 is 11.6 Å². The zero-order chi connectivity index (χ0) is 16.2. The highest BCUT2D eigenvalue weighted by Crippen LogP contribution is 2.35. The molecule has 0 amide bonds. The van der Waals surface area contributed by atoms with E-state index in [2.05, 4.69) is 34.6 Å². The van der Waals surface area contributed by atoms with Gasteiger partial charge in [0.2, 0.25) is 0 Å². The monoisotopic (exact) mass is 315 g/mol. The SMILES string of the molecule is NC(=NCCC1CCc2ccccc21)Nc1cc(F)ccc1F. The van der Waals surface area contributed by atoms with E-state index in [1.54, 1.807) is 0 Å². The van der Waals surface area contributed by atoms with Crippen LogP contribution in [0.1, 0.15) is 29.9 Å². The molecule has 0 fully saturated rings. The van der Waals surface area contributed by atoms with Gasteiger partial charge >= 0.3 is 0 Å². The van der Waals surface area contributed by atoms with Crippen molar-refractivity contribution in [3.8, 4) is 0 Å². The summed E-state index contributed by atoms with van der Waals surface area (Å²) in [5, 5.41) is 2.61. The summed E-state index contributed by atoms with van der Waals surface area (Å²) < 4.78 is 26.6. The largest absolute Gasteiger partial charge is 0.370 e. The molecule has 0 bridgehead atoms. The van der Waals surface area contributed by atoms with E-state index in [1.807, 2.05) is 0 Å². The second-order valence-corrected chi connectivity index (χ2v) is 5.74. The summed E-state index contributed by atoms with van der Waals surface area (Å²) in [5.74, 6) is -0.493. The van der Waals surface area contributed by atoms with Crippen LogP contribution in [0.3, 0.4) is 0 Å². The molecule has 0 saturated carbocycles. The number of nitrogens with one attached hydrogen (secondary N) is 1. The first-order chi connectivity index (χ1) is 11.1. The predicted octanol–water partition coefficient (Wildman–Crippen LogP) is 3.81. The first-order valence-electron chi connectivity index (χ1n) is 7.73. The van der Waals surface area contributed by atoms with Gasteiger partial charge in [-0.3, -0.25) is 4.99 Å². The van der Waals surface area contributed by atoms with Crippen molar-refractivity contribution in [3.63, 3.8) is 0 Å². The minimum Gasteiger partial charge on any atom is -0.370 e. The second kappa shape index (κ2) is 6.77. The fraction of sp³-hybridized carbons (Fsp3) is 0.278. The van der Waals surface area contributed by atoms with Crippen LogP contribution in [0.4, 0.5) is 14.5 Å². The highest BCUT2D eigenvalue weighted by atomic mass is 19.1. The Bertz CT molecular complexity index is 728. The fourth-order valence-electron chi connectivity index (χ4n) is 3.06. The molecule has 2 aromatic rings. The standard InChI is InChI=1S/C18H19F2N3/c19-14-7-8-16(20)17(11-14)23-18(21)22-10-9-13-6-5-12-3-1-2-4-15(12)13/h1-4,7-8,11,13H,5-6,9-10H2,(H3,21,22,23). The normalized spacial score (nSPS) is 17.1. The zero-order valence-corrected chi connectivity index (χ0v) is 12.7. The van der Waals surface area contributed by atoms with Crippen LogP contribution >= 0.6 is 0 Å². The maximum Gasteiger partial charge on any atom is 0.193 e. The Morgan fingerprint density at radius 3 is 2.91 bits per heavy atom. The molecule has 1 aliphatic carbocycles. The van der Waals surface area contributed by atoms with Crippen LogP contribution in [-0.4, -0.2) is 12.5 Å². The molecule has 0 saturated heterocycles. The summed E-state index contributed by atoms with van der Waals surface area (Å²) in [6, 6.07) is 11.6. The number of aliphatic imine (C=N–C) groups is 1. The van der Waals surface area contributed by atoms with Crippen LogP contribution in [0.2, 0.25) is 0 Å². The number of benzene rings is 2. The molecule has 0 aliphatic heterocycles. The van der Waals surface area contributed by atoms with Crippen molar-refractivity contribution in [1.82, 2.24) is 0 Å². The van der Waals surface area contributed by atoms with Gasteiger partial charge in [0, 0.05) is 12.6 Å². The van der Waals surface area contributed by atoms with E-state index in [1.165, 1.54) is 11.1 Å². The fourth-order valence-corrected chi connectivity index (χ4v) is 3.06. The molecular formula is C18H19F2N3. The molecule has 0 radical (unpaired) electrons. The quantitative estimate of drug-likeness (QED) is 0.666. The lowest BCUT2D eigenvalue weighted by atomic mass is 9.98. The summed E-state index contributed by atoms with van der Waals surface area (Å²) in [6.07, 6.45) is 3.12. The number of hydrogen-bond donors (Lipinski definition) is 2. The molecule has 1 atom stereocenters. The first-order valence-corrected chi connectivity index (χ1v) is 7.73. The van der Waals surface area contributed by atoms with Crippen LogP contribution in [0, 0.1) is 11.6 Å². The summed E-state index contributed by atoms with van der Waals surface area (Å²) in [4.78, 5) is 4.22. The van der Waals surface area contributed by atoms with Crippen LogP contribution in [-0.2, 0) is 6.42 Å². The van der Waals surface area contributed by atoms with E-state index in [9.17, 15) is 8.78 Å². The van der Waals surface area contributed by atoms with E-state index in [0.29, 0.717) is 12.5 Å². The molecule has 1 aliphatic rings. The first kappa shape index (κ1) is 15.5. The van der Waals surface area contributed by atoms with Gasteiger partial charge < -0.3 is 11.1 Å². The molecule has 3 nitrogen and oxygen atoms in total. The van der Waals surface area contributed by atoms with Gasteiger partial charge in [-0.2, -0.15) is 0 Å². The molecule has 2 aromatic carbocycles. The molecule has 5 heteroatoms. The van der Waals surface area contributed by atoms with Crippen LogP contribution in [0.25, 0.3) is 0 Å². The Hall–Kier alpha value is -2.43. The number of guanidine groups is 1. The van der Waals surface area contributed by atoms with E-state index in [4.69, 9.17) is 5.73 Å². The maximum atomic E-state index is 13.5. The van der Waals surface area contributed by atoms with Gasteiger partial charge in [0.25, 0.3) is 0 Å². The lowest BCUT2D eigenvalue weighted by Crippen LogP contribution is -2.23. The number of rotatable bonds is 4. The Balaban J connectivity index is 1.57. The molecule has 0 spiro atoms. The van der Waals surface area contributed by atoms with Gasteiger partial charge in [-0.05, 0) is 48.4 Å². The number of aryl methyl sites for hydroxylation is 1. The van der Waals surface area contributed by atoms with Gasteiger partial charge in [0.05, 0.1) is 5.69 Å². The number of fused-ring (bicyclic) bond motifs is 1. The van der Waals surface area contributed by atoms with Crippen molar-refractivity contribution in [2.24, 2.45) is 10.7 Å². The average Bonchev–Trinajstić information content (AvgIpc) is 2.94. The third kappa shape index (κ3) is 3.67. The smallest absolute Gasteiger partial charge is 0.193 e. The van der Waals surface area contributed by atoms with Crippen molar-refractivity contribution < 1.29 is 8.78 Å². The summed E-state index contributed by atoms with van der Waals surface area (Å²) in [6.45, 7) is 0.550. The van der Waals surface area contributed by atoms with Crippen LogP contribution < -0.4 is 11.1 Å². The number of anilines is 1. The lowest BCUT2D eigenvalue weighted by Gasteiger charge is -2.10. The Morgan fingerprint density at radius 1 is 1.22 bits per heavy atom. The van der Waals surface area contributed by atoms with Crippen molar-refractivity contribution in [3.05, 3.63) is 65.2 Å². The van der Waals surface area contributed by atoms with Gasteiger partial charge in [-0.15, -0.1) is 0 Å². The molecule has 1 unspecified atom stereocenters. The number of hydrogen-bond acceptors (Lipinski definition) is 1. The lowest BCUT2D eigenvalue weighted by molar-refractivity contribution is 0.603. The molecule has 0 heterocycles. The molecule has 0 aromatic heterocycles. The summed E-state index contributed by atoms with van der Waals surface area (Å²) in [5.41, 5.74) is 8.56. The van der Waals surface area contributed by atoms with Crippen molar-refractivity contribution in [1.29, 1.82) is 0 Å². The number of nitrogens with two attached hydrogens (primary N) is 1. The summed E-state index contributed by atoms with van der Waals surface area (Å²) in [7, 11) is 0. The van der Waals surface area contributed by atoms with E-state index in [0.717, 1.165) is 37.5 Å². The Kier molecular flexibility index (Phi) is 4.55. The molecular weight excluding hydrogens is 296 g/mol. The van der Waals surface area contributed by atoms with Gasteiger partial charge in [0.15, 0.2) is 5.96 Å². The predicted molar refractivity (Wildman–Crippen MR) is 88.6 cm³/mol. The van der Waals surface area contributed by atoms with Gasteiger partial charge in [-0.1, -0.05) is 24.3 Å². The molecule has 23 heavy (non-hydrogen) atoms. The van der Waals surface area contributed by atoms with Gasteiger partial charge in [0.1, 0.15) is 11.6 Å². The Morgan fingerprint density at radius 2 is 2.04 bits per heavy atom. The molecule has 3 N–H and O–H groups in total. The zero-order valence-electron chi connectivity index (χ0n) is 12.7. The highest BCUT2D eigenvalue weighted by molar-refractivity contribution is 5.92. The molecule has 3 rings (SSSR count). The number of halogens is 2. The topological polar surface area (TPSA) is 50.4 Å². The molecule has 120 valence electrons. The Labute approximate surface area is 134 Å².